The van der Waals surface area contributed by atoms with Crippen LogP contribution in [0.3, 0.4) is 0 Å². The van der Waals surface area contributed by atoms with Gasteiger partial charge in [-0.1, -0.05) is 15.9 Å². The van der Waals surface area contributed by atoms with Crippen LogP contribution in [0.15, 0.2) is 28.7 Å². The van der Waals surface area contributed by atoms with Crippen molar-refractivity contribution in [3.63, 3.8) is 0 Å². The number of rotatable bonds is 4. The van der Waals surface area contributed by atoms with Crippen molar-refractivity contribution in [3.05, 3.63) is 28.7 Å². The van der Waals surface area contributed by atoms with Crippen LogP contribution in [0.4, 0.5) is 5.69 Å². The Morgan fingerprint density at radius 1 is 1.29 bits per heavy atom. The van der Waals surface area contributed by atoms with Crippen LogP contribution in [-0.2, 0) is 10.0 Å². The van der Waals surface area contributed by atoms with Gasteiger partial charge in [-0.3, -0.25) is 4.72 Å². The van der Waals surface area contributed by atoms with Gasteiger partial charge in [0.1, 0.15) is 0 Å². The van der Waals surface area contributed by atoms with Gasteiger partial charge in [0, 0.05) is 16.0 Å². The largest absolute Gasteiger partial charge is 0.284 e. The smallest absolute Gasteiger partial charge is 0.233 e. The predicted octanol–water partition coefficient (Wildman–Crippen LogP) is 2.43. The number of benzene rings is 1. The number of sulfonamides is 1. The lowest BCUT2D eigenvalue weighted by molar-refractivity contribution is 0.602. The van der Waals surface area contributed by atoms with Crippen LogP contribution >= 0.6 is 27.5 Å². The first kappa shape index (κ1) is 11.8. The number of hydrogen-bond donors (Lipinski definition) is 1. The van der Waals surface area contributed by atoms with Crippen LogP contribution in [0, 0.1) is 0 Å². The maximum absolute atomic E-state index is 11.3. The highest BCUT2D eigenvalue weighted by atomic mass is 79.9. The summed E-state index contributed by atoms with van der Waals surface area (Å²) in [5, 5.41) is 0. The van der Waals surface area contributed by atoms with E-state index in [4.69, 9.17) is 11.6 Å². The first-order valence-electron chi connectivity index (χ1n) is 3.85. The second-order valence-corrected chi connectivity index (χ2v) is 5.75. The summed E-state index contributed by atoms with van der Waals surface area (Å²) in [6.07, 6.45) is 0. The zero-order valence-electron chi connectivity index (χ0n) is 7.20. The van der Waals surface area contributed by atoms with Gasteiger partial charge in [-0.15, -0.1) is 11.6 Å². The van der Waals surface area contributed by atoms with Gasteiger partial charge in [-0.2, -0.15) is 0 Å². The molecule has 1 N–H and O–H groups in total. The molecular formula is C8H9BrClNO2S. The molecular weight excluding hydrogens is 290 g/mol. The lowest BCUT2D eigenvalue weighted by atomic mass is 10.3. The van der Waals surface area contributed by atoms with Crippen molar-refractivity contribution in [1.29, 1.82) is 0 Å². The minimum atomic E-state index is -3.29. The summed E-state index contributed by atoms with van der Waals surface area (Å²) in [6.45, 7) is 0. The lowest BCUT2D eigenvalue weighted by Gasteiger charge is -2.05. The zero-order chi connectivity index (χ0) is 10.6. The highest BCUT2D eigenvalue weighted by Gasteiger charge is 2.08. The first-order chi connectivity index (χ1) is 6.53. The molecule has 0 amide bonds. The van der Waals surface area contributed by atoms with Crippen molar-refractivity contribution in [2.45, 2.75) is 0 Å². The van der Waals surface area contributed by atoms with E-state index in [1.54, 1.807) is 24.3 Å². The second kappa shape index (κ2) is 5.00. The molecule has 14 heavy (non-hydrogen) atoms. The highest BCUT2D eigenvalue weighted by Crippen LogP contribution is 2.15. The molecule has 1 aromatic rings. The van der Waals surface area contributed by atoms with E-state index in [0.29, 0.717) is 5.69 Å². The van der Waals surface area contributed by atoms with E-state index >= 15 is 0 Å². The Kier molecular flexibility index (Phi) is 4.22. The van der Waals surface area contributed by atoms with Gasteiger partial charge in [0.2, 0.25) is 10.0 Å². The Morgan fingerprint density at radius 2 is 1.86 bits per heavy atom. The van der Waals surface area contributed by atoms with Crippen LogP contribution in [-0.4, -0.2) is 20.1 Å². The van der Waals surface area contributed by atoms with Crippen molar-refractivity contribution in [2.24, 2.45) is 0 Å². The van der Waals surface area contributed by atoms with Crippen molar-refractivity contribution in [2.75, 3.05) is 16.4 Å². The topological polar surface area (TPSA) is 46.2 Å². The van der Waals surface area contributed by atoms with Crippen LogP contribution in [0.2, 0.25) is 0 Å². The van der Waals surface area contributed by atoms with Crippen molar-refractivity contribution >= 4 is 43.2 Å². The third-order valence-electron chi connectivity index (χ3n) is 1.46. The van der Waals surface area contributed by atoms with E-state index in [2.05, 4.69) is 20.7 Å². The van der Waals surface area contributed by atoms with E-state index in [1.165, 1.54) is 0 Å². The summed E-state index contributed by atoms with van der Waals surface area (Å²) in [4.78, 5) is 0. The molecule has 1 aromatic carbocycles. The van der Waals surface area contributed by atoms with Crippen LogP contribution in [0.1, 0.15) is 0 Å². The fraction of sp³-hybridized carbons (Fsp3) is 0.250. The molecule has 6 heteroatoms. The van der Waals surface area contributed by atoms with Gasteiger partial charge in [-0.05, 0) is 24.3 Å². The lowest BCUT2D eigenvalue weighted by Crippen LogP contribution is -2.17. The highest BCUT2D eigenvalue weighted by molar-refractivity contribution is 9.10. The second-order valence-electron chi connectivity index (χ2n) is 2.62. The molecule has 78 valence electrons. The summed E-state index contributed by atoms with van der Waals surface area (Å²) < 4.78 is 25.9. The van der Waals surface area contributed by atoms with Gasteiger partial charge in [0.15, 0.2) is 0 Å². The van der Waals surface area contributed by atoms with Crippen molar-refractivity contribution in [3.8, 4) is 0 Å². The average Bonchev–Trinajstić information content (AvgIpc) is 2.08. The van der Waals surface area contributed by atoms with Gasteiger partial charge >= 0.3 is 0 Å². The van der Waals surface area contributed by atoms with Gasteiger partial charge < -0.3 is 0 Å². The maximum atomic E-state index is 11.3. The summed E-state index contributed by atoms with van der Waals surface area (Å²) in [6, 6.07) is 6.88. The Morgan fingerprint density at radius 3 is 2.36 bits per heavy atom. The van der Waals surface area contributed by atoms with Crippen molar-refractivity contribution < 1.29 is 8.42 Å². The maximum Gasteiger partial charge on any atom is 0.233 e. The average molecular weight is 299 g/mol. The monoisotopic (exact) mass is 297 g/mol. The summed E-state index contributed by atoms with van der Waals surface area (Å²) in [5.41, 5.74) is 0.540. The molecule has 3 nitrogen and oxygen atoms in total. The van der Waals surface area contributed by atoms with E-state index in [-0.39, 0.29) is 11.6 Å². The van der Waals surface area contributed by atoms with Gasteiger partial charge in [0.05, 0.1) is 5.75 Å². The Hall–Kier alpha value is -0.260. The SMILES string of the molecule is O=S(=O)(CCCl)Nc1ccc(Br)cc1. The molecule has 0 unspecified atom stereocenters. The molecule has 0 heterocycles. The molecule has 0 aromatic heterocycles. The van der Waals surface area contributed by atoms with Crippen LogP contribution < -0.4 is 4.72 Å². The van der Waals surface area contributed by atoms with Crippen molar-refractivity contribution in [1.82, 2.24) is 0 Å². The van der Waals surface area contributed by atoms with E-state index in [1.807, 2.05) is 0 Å². The Labute approximate surface area is 96.6 Å². The molecule has 0 radical (unpaired) electrons. The molecule has 0 aliphatic carbocycles. The number of alkyl halides is 1. The zero-order valence-corrected chi connectivity index (χ0v) is 10.4. The fourth-order valence-corrected chi connectivity index (χ4v) is 2.52. The van der Waals surface area contributed by atoms with Gasteiger partial charge in [0.25, 0.3) is 0 Å². The summed E-state index contributed by atoms with van der Waals surface area (Å²) >= 11 is 8.61. The first-order valence-corrected chi connectivity index (χ1v) is 6.83. The molecule has 0 spiro atoms. The number of nitrogens with one attached hydrogen (secondary N) is 1. The predicted molar refractivity (Wildman–Crippen MR) is 62.3 cm³/mol. The van der Waals surface area contributed by atoms with Crippen LogP contribution in [0.5, 0.6) is 0 Å². The minimum Gasteiger partial charge on any atom is -0.284 e. The molecule has 0 aliphatic heterocycles. The fourth-order valence-electron chi connectivity index (χ4n) is 0.850. The molecule has 0 bridgehead atoms. The van der Waals surface area contributed by atoms with E-state index in [0.717, 1.165) is 4.47 Å². The summed E-state index contributed by atoms with van der Waals surface area (Å²) in [7, 11) is -3.29. The normalized spacial score (nSPS) is 11.3. The third-order valence-corrected chi connectivity index (χ3v) is 3.69. The molecule has 0 aliphatic rings. The molecule has 0 fully saturated rings. The molecule has 0 atom stereocenters. The quantitative estimate of drug-likeness (QED) is 0.868. The third kappa shape index (κ3) is 3.86. The minimum absolute atomic E-state index is 0.0788. The number of halogens is 2. The molecule has 0 saturated carbocycles. The van der Waals surface area contributed by atoms with Crippen LogP contribution in [0.25, 0.3) is 0 Å². The molecule has 1 rings (SSSR count). The Bertz CT molecular complexity index is 390. The number of anilines is 1. The van der Waals surface area contributed by atoms with E-state index < -0.39 is 10.0 Å². The standard InChI is InChI=1S/C8H9BrClNO2S/c9-7-1-3-8(4-2-7)11-14(12,13)6-5-10/h1-4,11H,5-6H2. The summed E-state index contributed by atoms with van der Waals surface area (Å²) in [5.74, 6) is 0.0104. The Balaban J connectivity index is 2.74. The van der Waals surface area contributed by atoms with Gasteiger partial charge in [-0.25, -0.2) is 8.42 Å². The number of hydrogen-bond acceptors (Lipinski definition) is 2. The van der Waals surface area contributed by atoms with E-state index in [9.17, 15) is 8.42 Å². The molecule has 0 saturated heterocycles.